The van der Waals surface area contributed by atoms with Crippen LogP contribution >= 0.6 is 11.6 Å². The Morgan fingerprint density at radius 3 is 2.10 bits per heavy atom. The summed E-state index contributed by atoms with van der Waals surface area (Å²) in [6.07, 6.45) is 0. The van der Waals surface area contributed by atoms with Gasteiger partial charge in [0, 0.05) is 23.0 Å². The van der Waals surface area contributed by atoms with Crippen LogP contribution in [0.5, 0.6) is 0 Å². The number of ether oxygens (including phenoxy) is 1. The predicted octanol–water partition coefficient (Wildman–Crippen LogP) is 3.91. The summed E-state index contributed by atoms with van der Waals surface area (Å²) in [6, 6.07) is 11.9. The van der Waals surface area contributed by atoms with Crippen LogP contribution in [0.25, 0.3) is 0 Å². The summed E-state index contributed by atoms with van der Waals surface area (Å²) in [5, 5.41) is 24.8. The minimum Gasteiger partial charge on any atom is -0.481 e. The molecule has 9 nitrogen and oxygen atoms in total. The number of carboxylic acids is 2. The van der Waals surface area contributed by atoms with Crippen molar-refractivity contribution in [2.24, 2.45) is 16.7 Å². The Kier molecular flexibility index (Phi) is 7.89. The van der Waals surface area contributed by atoms with E-state index in [0.29, 0.717) is 21.7 Å². The number of hydrogen-bond acceptors (Lipinski definition) is 6. The van der Waals surface area contributed by atoms with E-state index in [0.717, 1.165) is 4.90 Å². The second-order valence-corrected chi connectivity index (χ2v) is 11.2. The fourth-order valence-corrected chi connectivity index (χ4v) is 6.64. The first kappa shape index (κ1) is 28.7. The van der Waals surface area contributed by atoms with Crippen LogP contribution in [0.4, 0.5) is 0 Å². The number of piperidine rings is 1. The molecule has 0 radical (unpaired) electrons. The number of aliphatic carboxylic acids is 2. The molecule has 208 valence electrons. The van der Waals surface area contributed by atoms with Gasteiger partial charge in [0.2, 0.25) is 0 Å². The third kappa shape index (κ3) is 4.42. The second-order valence-electron chi connectivity index (χ2n) is 10.8. The summed E-state index contributed by atoms with van der Waals surface area (Å²) in [4.78, 5) is 52.6. The number of nitrogens with one attached hydrogen (secondary N) is 1. The molecule has 2 heterocycles. The maximum Gasteiger partial charge on any atom is 0.312 e. The number of halogens is 1. The summed E-state index contributed by atoms with van der Waals surface area (Å²) >= 11 is 6.58. The number of carbonyl (C=O) groups excluding carboxylic acids is 2. The van der Waals surface area contributed by atoms with Crippen molar-refractivity contribution >= 4 is 35.4 Å². The largest absolute Gasteiger partial charge is 0.481 e. The minimum atomic E-state index is -1.62. The standard InChI is InChI=1S/C29H33ClN2O7/c1-16(2)29(27(37)38)22(15-39-14-13-32-24(33)18-9-5-6-10-19(18)25(32)34)31-17(3)28(4,26(35)36)23(29)20-11-7-8-12-21(20)30/h5-12,16-17,22-23,31H,13-15H2,1-4H3,(H,35,36)(H,37,38). The van der Waals surface area contributed by atoms with E-state index in [1.54, 1.807) is 76.2 Å². The number of benzene rings is 2. The van der Waals surface area contributed by atoms with Crippen LogP contribution in [0.1, 0.15) is 59.9 Å². The highest BCUT2D eigenvalue weighted by molar-refractivity contribution is 6.31. The molecule has 39 heavy (non-hydrogen) atoms. The molecule has 0 aliphatic carbocycles. The van der Waals surface area contributed by atoms with Gasteiger partial charge in [-0.2, -0.15) is 0 Å². The van der Waals surface area contributed by atoms with Crippen LogP contribution in [-0.4, -0.2) is 70.7 Å². The number of amides is 2. The normalized spacial score (nSPS) is 28.6. The average Bonchev–Trinajstić information content (AvgIpc) is 3.13. The molecule has 2 amide bonds. The van der Waals surface area contributed by atoms with Gasteiger partial charge in [-0.15, -0.1) is 0 Å². The van der Waals surface area contributed by atoms with Crippen molar-refractivity contribution in [2.45, 2.75) is 45.7 Å². The molecule has 5 atom stereocenters. The molecule has 0 spiro atoms. The molecule has 0 saturated carbocycles. The van der Waals surface area contributed by atoms with Crippen molar-refractivity contribution in [3.8, 4) is 0 Å². The first-order valence-electron chi connectivity index (χ1n) is 12.9. The zero-order chi connectivity index (χ0) is 28.7. The number of imide groups is 1. The van der Waals surface area contributed by atoms with Gasteiger partial charge in [0.25, 0.3) is 11.8 Å². The average molecular weight is 557 g/mol. The molecule has 0 bridgehead atoms. The predicted molar refractivity (Wildman–Crippen MR) is 144 cm³/mol. The third-order valence-corrected chi connectivity index (χ3v) is 8.97. The molecule has 4 rings (SSSR count). The van der Waals surface area contributed by atoms with Crippen LogP contribution in [0.2, 0.25) is 5.02 Å². The molecule has 5 unspecified atom stereocenters. The maximum atomic E-state index is 13.3. The molecule has 2 aliphatic rings. The molecular weight excluding hydrogens is 524 g/mol. The first-order chi connectivity index (χ1) is 18.4. The Morgan fingerprint density at radius 1 is 1.03 bits per heavy atom. The van der Waals surface area contributed by atoms with E-state index in [-0.39, 0.29) is 19.8 Å². The summed E-state index contributed by atoms with van der Waals surface area (Å²) in [7, 11) is 0. The van der Waals surface area contributed by atoms with Gasteiger partial charge in [-0.1, -0.05) is 55.8 Å². The summed E-state index contributed by atoms with van der Waals surface area (Å²) < 4.78 is 5.93. The molecular formula is C29H33ClN2O7. The van der Waals surface area contributed by atoms with Gasteiger partial charge in [0.1, 0.15) is 0 Å². The lowest BCUT2D eigenvalue weighted by molar-refractivity contribution is -0.179. The van der Waals surface area contributed by atoms with Crippen molar-refractivity contribution in [2.75, 3.05) is 19.8 Å². The third-order valence-electron chi connectivity index (χ3n) is 8.63. The van der Waals surface area contributed by atoms with E-state index in [4.69, 9.17) is 16.3 Å². The van der Waals surface area contributed by atoms with Gasteiger partial charge in [0.05, 0.1) is 41.7 Å². The fourth-order valence-electron chi connectivity index (χ4n) is 6.40. The SMILES string of the molecule is CC1NC(COCCN2C(=O)c3ccccc3C2=O)C(C(=O)O)(C(C)C)C(c2ccccc2Cl)C1(C)C(=O)O. The van der Waals surface area contributed by atoms with Gasteiger partial charge >= 0.3 is 11.9 Å². The molecule has 10 heteroatoms. The van der Waals surface area contributed by atoms with Gasteiger partial charge in [-0.3, -0.25) is 24.1 Å². The molecule has 1 saturated heterocycles. The van der Waals surface area contributed by atoms with Crippen molar-refractivity contribution in [3.05, 3.63) is 70.2 Å². The van der Waals surface area contributed by atoms with Gasteiger partial charge in [-0.05, 0) is 43.5 Å². The number of hydrogen-bond donors (Lipinski definition) is 3. The van der Waals surface area contributed by atoms with E-state index < -0.39 is 58.5 Å². The van der Waals surface area contributed by atoms with E-state index >= 15 is 0 Å². The van der Waals surface area contributed by atoms with Gasteiger partial charge in [-0.25, -0.2) is 0 Å². The maximum absolute atomic E-state index is 13.3. The molecule has 2 aromatic carbocycles. The fraction of sp³-hybridized carbons (Fsp3) is 0.448. The molecule has 1 fully saturated rings. The monoisotopic (exact) mass is 556 g/mol. The first-order valence-corrected chi connectivity index (χ1v) is 13.3. The number of fused-ring (bicyclic) bond motifs is 1. The number of carbonyl (C=O) groups is 4. The van der Waals surface area contributed by atoms with Crippen molar-refractivity contribution in [1.82, 2.24) is 10.2 Å². The highest BCUT2D eigenvalue weighted by atomic mass is 35.5. The summed E-state index contributed by atoms with van der Waals surface area (Å²) in [5.74, 6) is -4.63. The van der Waals surface area contributed by atoms with Crippen molar-refractivity contribution < 1.29 is 34.1 Å². The zero-order valence-electron chi connectivity index (χ0n) is 22.3. The smallest absolute Gasteiger partial charge is 0.312 e. The Hall–Kier alpha value is -3.27. The zero-order valence-corrected chi connectivity index (χ0v) is 23.1. The number of nitrogens with zero attached hydrogens (tertiary/aromatic N) is 1. The van der Waals surface area contributed by atoms with Crippen molar-refractivity contribution in [3.63, 3.8) is 0 Å². The number of carboxylic acid groups (broad SMARTS) is 2. The Morgan fingerprint density at radius 2 is 1.59 bits per heavy atom. The highest BCUT2D eigenvalue weighted by Gasteiger charge is 2.67. The quantitative estimate of drug-likeness (QED) is 0.313. The van der Waals surface area contributed by atoms with Gasteiger partial charge in [0.15, 0.2) is 0 Å². The van der Waals surface area contributed by atoms with Crippen LogP contribution in [-0.2, 0) is 14.3 Å². The Labute approximate surface area is 232 Å². The number of rotatable bonds is 9. The Balaban J connectivity index is 1.64. The topological polar surface area (TPSA) is 133 Å². The second kappa shape index (κ2) is 10.7. The van der Waals surface area contributed by atoms with Crippen LogP contribution in [0, 0.1) is 16.7 Å². The molecule has 3 N–H and O–H groups in total. The van der Waals surface area contributed by atoms with Crippen LogP contribution < -0.4 is 5.32 Å². The minimum absolute atomic E-state index is 0.00282. The van der Waals surface area contributed by atoms with Crippen molar-refractivity contribution in [1.29, 1.82) is 0 Å². The molecule has 2 aliphatic heterocycles. The van der Waals surface area contributed by atoms with Crippen LogP contribution in [0.15, 0.2) is 48.5 Å². The van der Waals surface area contributed by atoms with E-state index in [1.165, 1.54) is 0 Å². The lowest BCUT2D eigenvalue weighted by atomic mass is 9.49. The van der Waals surface area contributed by atoms with E-state index in [1.807, 2.05) is 0 Å². The van der Waals surface area contributed by atoms with E-state index in [2.05, 4.69) is 5.32 Å². The highest BCUT2D eigenvalue weighted by Crippen LogP contribution is 2.59. The van der Waals surface area contributed by atoms with Crippen LogP contribution in [0.3, 0.4) is 0 Å². The molecule has 0 aromatic heterocycles. The molecule has 2 aromatic rings. The van der Waals surface area contributed by atoms with E-state index in [9.17, 15) is 29.4 Å². The Bertz CT molecular complexity index is 1280. The van der Waals surface area contributed by atoms with Gasteiger partial charge < -0.3 is 20.3 Å². The summed E-state index contributed by atoms with van der Waals surface area (Å²) in [5.41, 5.74) is -2.02. The lowest BCUT2D eigenvalue weighted by Gasteiger charge is -2.58. The summed E-state index contributed by atoms with van der Waals surface area (Å²) in [6.45, 7) is 6.67. The lowest BCUT2D eigenvalue weighted by Crippen LogP contribution is -2.72.